The first-order valence-electron chi connectivity index (χ1n) is 9.21. The van der Waals surface area contributed by atoms with Crippen LogP contribution < -0.4 is 0 Å². The van der Waals surface area contributed by atoms with Gasteiger partial charge in [0.2, 0.25) is 11.7 Å². The molecule has 0 N–H and O–H groups in total. The van der Waals surface area contributed by atoms with Crippen LogP contribution in [-0.2, 0) is 19.5 Å². The van der Waals surface area contributed by atoms with Crippen molar-refractivity contribution in [3.05, 3.63) is 78.2 Å². The molecule has 0 fully saturated rings. The van der Waals surface area contributed by atoms with Gasteiger partial charge in [0.25, 0.3) is 0 Å². The van der Waals surface area contributed by atoms with Crippen molar-refractivity contribution in [2.45, 2.75) is 19.5 Å². The van der Waals surface area contributed by atoms with E-state index in [4.69, 9.17) is 9.51 Å². The van der Waals surface area contributed by atoms with Crippen molar-refractivity contribution in [2.24, 2.45) is 0 Å². The van der Waals surface area contributed by atoms with Gasteiger partial charge in [0.15, 0.2) is 5.82 Å². The van der Waals surface area contributed by atoms with E-state index in [1.807, 2.05) is 48.7 Å². The van der Waals surface area contributed by atoms with Crippen molar-refractivity contribution in [2.75, 3.05) is 6.54 Å². The van der Waals surface area contributed by atoms with Gasteiger partial charge in [-0.1, -0.05) is 35.5 Å². The highest BCUT2D eigenvalue weighted by molar-refractivity contribution is 5.54. The first-order valence-corrected chi connectivity index (χ1v) is 9.21. The van der Waals surface area contributed by atoms with Crippen molar-refractivity contribution in [1.29, 1.82) is 0 Å². The van der Waals surface area contributed by atoms with E-state index in [0.717, 1.165) is 47.7 Å². The number of hydrogen-bond acceptors (Lipinski definition) is 7. The van der Waals surface area contributed by atoms with E-state index >= 15 is 0 Å². The molecule has 0 saturated carbocycles. The highest BCUT2D eigenvalue weighted by Crippen LogP contribution is 2.22. The molecule has 0 amide bonds. The number of rotatable bonds is 4. The van der Waals surface area contributed by atoms with Crippen LogP contribution in [-0.4, -0.2) is 36.5 Å². The van der Waals surface area contributed by atoms with Crippen molar-refractivity contribution >= 4 is 0 Å². The van der Waals surface area contributed by atoms with Crippen LogP contribution in [0.2, 0.25) is 0 Å². The van der Waals surface area contributed by atoms with Crippen molar-refractivity contribution in [3.63, 3.8) is 0 Å². The minimum Gasteiger partial charge on any atom is -0.338 e. The lowest BCUT2D eigenvalue weighted by atomic mass is 10.1. The van der Waals surface area contributed by atoms with E-state index < -0.39 is 0 Å². The molecule has 1 aromatic carbocycles. The average Bonchev–Trinajstić information content (AvgIpc) is 3.23. The Morgan fingerprint density at radius 1 is 0.929 bits per heavy atom. The van der Waals surface area contributed by atoms with Gasteiger partial charge in [-0.05, 0) is 12.1 Å². The van der Waals surface area contributed by atoms with Crippen LogP contribution in [0.3, 0.4) is 0 Å². The Labute approximate surface area is 162 Å². The Morgan fingerprint density at radius 2 is 1.82 bits per heavy atom. The van der Waals surface area contributed by atoms with Gasteiger partial charge >= 0.3 is 0 Å². The molecule has 0 atom stereocenters. The van der Waals surface area contributed by atoms with Crippen LogP contribution in [0, 0.1) is 0 Å². The topological polar surface area (TPSA) is 80.8 Å². The molecule has 4 aromatic rings. The van der Waals surface area contributed by atoms with E-state index in [0.29, 0.717) is 18.3 Å². The zero-order valence-corrected chi connectivity index (χ0v) is 15.2. The normalized spacial score (nSPS) is 14.0. The number of fused-ring (bicyclic) bond motifs is 1. The summed E-state index contributed by atoms with van der Waals surface area (Å²) in [6.45, 7) is 2.27. The third-order valence-corrected chi connectivity index (χ3v) is 4.79. The predicted molar refractivity (Wildman–Crippen MR) is 103 cm³/mol. The number of nitrogens with zero attached hydrogens (tertiary/aromatic N) is 6. The van der Waals surface area contributed by atoms with Crippen LogP contribution in [0.4, 0.5) is 0 Å². The van der Waals surface area contributed by atoms with E-state index in [1.54, 1.807) is 12.4 Å². The van der Waals surface area contributed by atoms with E-state index in [9.17, 15) is 0 Å². The van der Waals surface area contributed by atoms with Crippen molar-refractivity contribution < 1.29 is 4.52 Å². The van der Waals surface area contributed by atoms with Gasteiger partial charge in [0.1, 0.15) is 0 Å². The summed E-state index contributed by atoms with van der Waals surface area (Å²) in [7, 11) is 0. The highest BCUT2D eigenvalue weighted by atomic mass is 16.5. The maximum absolute atomic E-state index is 5.45. The lowest BCUT2D eigenvalue weighted by Crippen LogP contribution is -2.31. The summed E-state index contributed by atoms with van der Waals surface area (Å²) in [4.78, 5) is 20.2. The van der Waals surface area contributed by atoms with Gasteiger partial charge < -0.3 is 4.52 Å². The molecule has 5 rings (SSSR count). The summed E-state index contributed by atoms with van der Waals surface area (Å²) in [6, 6.07) is 13.7. The van der Waals surface area contributed by atoms with Crippen LogP contribution in [0.25, 0.3) is 22.8 Å². The van der Waals surface area contributed by atoms with Gasteiger partial charge in [-0.2, -0.15) is 4.98 Å². The Kier molecular flexibility index (Phi) is 4.34. The second-order valence-electron chi connectivity index (χ2n) is 6.75. The molecule has 0 aliphatic carbocycles. The number of benzene rings is 1. The molecule has 7 nitrogen and oxygen atoms in total. The maximum Gasteiger partial charge on any atom is 0.241 e. The molecule has 138 valence electrons. The van der Waals surface area contributed by atoms with Crippen molar-refractivity contribution in [1.82, 2.24) is 30.0 Å². The van der Waals surface area contributed by atoms with E-state index in [-0.39, 0.29) is 0 Å². The third kappa shape index (κ3) is 3.39. The van der Waals surface area contributed by atoms with Gasteiger partial charge in [0, 0.05) is 54.8 Å². The molecule has 4 heterocycles. The molecule has 1 aliphatic heterocycles. The second kappa shape index (κ2) is 7.28. The maximum atomic E-state index is 5.45. The summed E-state index contributed by atoms with van der Waals surface area (Å²) >= 11 is 0. The molecule has 0 radical (unpaired) electrons. The summed E-state index contributed by atoms with van der Waals surface area (Å²) in [5.41, 5.74) is 4.13. The first-order chi connectivity index (χ1) is 13.8. The zero-order chi connectivity index (χ0) is 18.8. The monoisotopic (exact) mass is 370 g/mol. The number of hydrogen-bond donors (Lipinski definition) is 0. The molecule has 0 unspecified atom stereocenters. The molecule has 0 saturated heterocycles. The summed E-state index contributed by atoms with van der Waals surface area (Å²) in [5.74, 6) is 1.97. The number of aromatic nitrogens is 5. The Bertz CT molecular complexity index is 1080. The quantitative estimate of drug-likeness (QED) is 0.546. The SMILES string of the molecule is c1ccc(-c2noc(CN3CCc4nc(-c5cccnc5)ncc4C3)n2)cc1. The predicted octanol–water partition coefficient (Wildman–Crippen LogP) is 3.15. The fraction of sp³-hybridized carbons (Fsp3) is 0.190. The Hall–Kier alpha value is -3.45. The van der Waals surface area contributed by atoms with Crippen LogP contribution in [0.15, 0.2) is 65.6 Å². The van der Waals surface area contributed by atoms with Crippen molar-refractivity contribution in [3.8, 4) is 22.8 Å². The largest absolute Gasteiger partial charge is 0.338 e. The fourth-order valence-corrected chi connectivity index (χ4v) is 3.36. The average molecular weight is 370 g/mol. The molecule has 0 spiro atoms. The third-order valence-electron chi connectivity index (χ3n) is 4.79. The zero-order valence-electron chi connectivity index (χ0n) is 15.2. The molecule has 3 aromatic heterocycles. The first kappa shape index (κ1) is 16.7. The van der Waals surface area contributed by atoms with Crippen LogP contribution in [0.5, 0.6) is 0 Å². The second-order valence-corrected chi connectivity index (χ2v) is 6.75. The molecular formula is C21H18N6O. The number of pyridine rings is 1. The summed E-state index contributed by atoms with van der Waals surface area (Å²) < 4.78 is 5.45. The van der Waals surface area contributed by atoms with Gasteiger partial charge in [-0.15, -0.1) is 0 Å². The van der Waals surface area contributed by atoms with Crippen LogP contribution in [0.1, 0.15) is 17.1 Å². The highest BCUT2D eigenvalue weighted by Gasteiger charge is 2.21. The van der Waals surface area contributed by atoms with Gasteiger partial charge in [-0.3, -0.25) is 9.88 Å². The minimum absolute atomic E-state index is 0.615. The molecule has 0 bridgehead atoms. The molecule has 7 heteroatoms. The van der Waals surface area contributed by atoms with E-state index in [2.05, 4.69) is 25.0 Å². The molecule has 1 aliphatic rings. The molecular weight excluding hydrogens is 352 g/mol. The van der Waals surface area contributed by atoms with E-state index in [1.165, 1.54) is 0 Å². The summed E-state index contributed by atoms with van der Waals surface area (Å²) in [5, 5.41) is 4.10. The molecule has 28 heavy (non-hydrogen) atoms. The minimum atomic E-state index is 0.615. The van der Waals surface area contributed by atoms with Crippen LogP contribution >= 0.6 is 0 Å². The smallest absolute Gasteiger partial charge is 0.241 e. The Balaban J connectivity index is 1.30. The Morgan fingerprint density at radius 3 is 2.68 bits per heavy atom. The lowest BCUT2D eigenvalue weighted by Gasteiger charge is -2.26. The standard InChI is InChI=1S/C21H18N6O/c1-2-5-15(6-3-1)21-25-19(28-26-21)14-27-10-8-18-17(13-27)12-23-20(24-18)16-7-4-9-22-11-16/h1-7,9,11-12H,8,10,13-14H2. The fourth-order valence-electron chi connectivity index (χ4n) is 3.36. The van der Waals surface area contributed by atoms with Gasteiger partial charge in [-0.25, -0.2) is 9.97 Å². The lowest BCUT2D eigenvalue weighted by molar-refractivity contribution is 0.209. The van der Waals surface area contributed by atoms with Gasteiger partial charge in [0.05, 0.1) is 12.2 Å². The summed E-state index contributed by atoms with van der Waals surface area (Å²) in [6.07, 6.45) is 6.32.